The molecule has 0 unspecified atom stereocenters. The molecule has 8 nitrogen and oxygen atoms in total. The molecule has 0 atom stereocenters. The number of rotatable bonds is 4. The summed E-state index contributed by atoms with van der Waals surface area (Å²) >= 11 is 0. The minimum Gasteiger partial charge on any atom is -0.360 e. The highest BCUT2D eigenvalue weighted by atomic mass is 16.7. The summed E-state index contributed by atoms with van der Waals surface area (Å²) in [5, 5.41) is 3.85. The summed E-state index contributed by atoms with van der Waals surface area (Å²) in [5.74, 6) is 0.440. The van der Waals surface area contributed by atoms with Crippen molar-refractivity contribution in [3.63, 3.8) is 0 Å². The summed E-state index contributed by atoms with van der Waals surface area (Å²) in [4.78, 5) is 27.5. The highest BCUT2D eigenvalue weighted by Gasteiger charge is 2.40. The molecule has 1 aromatic heterocycles. The number of piperidine rings is 1. The Morgan fingerprint density at radius 1 is 1.29 bits per heavy atom. The van der Waals surface area contributed by atoms with Crippen molar-refractivity contribution in [2.45, 2.75) is 38.9 Å². The molecule has 132 valence electrons. The van der Waals surface area contributed by atoms with Gasteiger partial charge in [-0.3, -0.25) is 14.5 Å². The molecular weight excluding hydrogens is 314 g/mol. The van der Waals surface area contributed by atoms with E-state index in [9.17, 15) is 9.59 Å². The Bertz CT molecular complexity index is 599. The summed E-state index contributed by atoms with van der Waals surface area (Å²) in [5.41, 5.74) is 0. The number of amides is 2. The molecule has 0 N–H and O–H groups in total. The molecule has 2 aliphatic rings. The van der Waals surface area contributed by atoms with Crippen molar-refractivity contribution < 1.29 is 23.6 Å². The number of likely N-dealkylation sites (tertiary alicyclic amines) is 1. The van der Waals surface area contributed by atoms with Crippen molar-refractivity contribution in [2.75, 3.05) is 37.7 Å². The van der Waals surface area contributed by atoms with Crippen LogP contribution in [0, 0.1) is 6.92 Å². The number of carbonyl (C=O) groups is 2. The molecule has 3 rings (SSSR count). The highest BCUT2D eigenvalue weighted by Crippen LogP contribution is 2.31. The molecule has 0 aliphatic carbocycles. The zero-order valence-electron chi connectivity index (χ0n) is 14.1. The van der Waals surface area contributed by atoms with Gasteiger partial charge in [0, 0.05) is 51.9 Å². The Morgan fingerprint density at radius 2 is 1.96 bits per heavy atom. The Kier molecular flexibility index (Phi) is 4.86. The van der Waals surface area contributed by atoms with Crippen LogP contribution < -0.4 is 4.90 Å². The minimum atomic E-state index is -0.486. The van der Waals surface area contributed by atoms with Gasteiger partial charge in [0.15, 0.2) is 11.6 Å². The lowest BCUT2D eigenvalue weighted by molar-refractivity contribution is -0.187. The largest absolute Gasteiger partial charge is 0.360 e. The zero-order chi connectivity index (χ0) is 17.2. The number of hydrogen-bond donors (Lipinski definition) is 0. The molecule has 24 heavy (non-hydrogen) atoms. The van der Waals surface area contributed by atoms with Crippen LogP contribution in [-0.4, -0.2) is 60.5 Å². The van der Waals surface area contributed by atoms with Gasteiger partial charge in [-0.05, 0) is 6.92 Å². The van der Waals surface area contributed by atoms with E-state index in [0.717, 1.165) is 0 Å². The Balaban J connectivity index is 1.52. The first-order chi connectivity index (χ1) is 11.5. The lowest BCUT2D eigenvalue weighted by Gasteiger charge is -2.37. The first-order valence-electron chi connectivity index (χ1n) is 8.26. The second-order valence-corrected chi connectivity index (χ2v) is 6.20. The average Bonchev–Trinajstić information content (AvgIpc) is 3.18. The van der Waals surface area contributed by atoms with E-state index < -0.39 is 5.79 Å². The maximum absolute atomic E-state index is 12.4. The number of hydrogen-bond acceptors (Lipinski definition) is 6. The molecule has 3 heterocycles. The van der Waals surface area contributed by atoms with E-state index in [1.807, 2.05) is 4.90 Å². The number of nitrogens with zero attached hydrogens (tertiary/aromatic N) is 3. The third-order valence-electron chi connectivity index (χ3n) is 4.51. The third-order valence-corrected chi connectivity index (χ3v) is 4.51. The number of carbonyl (C=O) groups excluding carboxylic acids is 2. The van der Waals surface area contributed by atoms with E-state index in [1.165, 1.54) is 11.8 Å². The number of aromatic nitrogens is 1. The van der Waals surface area contributed by atoms with Gasteiger partial charge in [-0.2, -0.15) is 0 Å². The predicted octanol–water partition coefficient (Wildman–Crippen LogP) is 1.09. The summed E-state index contributed by atoms with van der Waals surface area (Å²) < 4.78 is 16.3. The van der Waals surface area contributed by atoms with Gasteiger partial charge in [0.05, 0.1) is 13.2 Å². The van der Waals surface area contributed by atoms with Crippen LogP contribution >= 0.6 is 0 Å². The van der Waals surface area contributed by atoms with Gasteiger partial charge in [-0.1, -0.05) is 5.16 Å². The molecule has 2 saturated heterocycles. The van der Waals surface area contributed by atoms with Gasteiger partial charge < -0.3 is 18.9 Å². The monoisotopic (exact) mass is 337 g/mol. The lowest BCUT2D eigenvalue weighted by Crippen LogP contribution is -2.48. The fourth-order valence-electron chi connectivity index (χ4n) is 3.16. The summed E-state index contributed by atoms with van der Waals surface area (Å²) in [6.45, 7) is 5.97. The fraction of sp³-hybridized carbons (Fsp3) is 0.688. The first kappa shape index (κ1) is 16.9. The lowest BCUT2D eigenvalue weighted by atomic mass is 10.0. The Morgan fingerprint density at radius 3 is 2.50 bits per heavy atom. The molecular formula is C16H23N3O5. The summed E-state index contributed by atoms with van der Waals surface area (Å²) in [6, 6.07) is 1.69. The predicted molar refractivity (Wildman–Crippen MR) is 84.3 cm³/mol. The van der Waals surface area contributed by atoms with Gasteiger partial charge in [0.1, 0.15) is 5.76 Å². The van der Waals surface area contributed by atoms with Crippen molar-refractivity contribution in [3.8, 4) is 0 Å². The van der Waals surface area contributed by atoms with Crippen molar-refractivity contribution in [2.24, 2.45) is 0 Å². The van der Waals surface area contributed by atoms with E-state index >= 15 is 0 Å². The fourth-order valence-corrected chi connectivity index (χ4v) is 3.16. The maximum atomic E-state index is 12.4. The zero-order valence-corrected chi connectivity index (χ0v) is 14.1. The molecule has 1 aromatic rings. The topological polar surface area (TPSA) is 85.1 Å². The van der Waals surface area contributed by atoms with E-state index in [1.54, 1.807) is 13.0 Å². The van der Waals surface area contributed by atoms with Crippen LogP contribution in [0.4, 0.5) is 5.82 Å². The number of aryl methyl sites for hydroxylation is 1. The van der Waals surface area contributed by atoms with Gasteiger partial charge in [-0.25, -0.2) is 0 Å². The molecule has 2 fully saturated rings. The van der Waals surface area contributed by atoms with Gasteiger partial charge in [-0.15, -0.1) is 0 Å². The first-order valence-corrected chi connectivity index (χ1v) is 8.26. The highest BCUT2D eigenvalue weighted by molar-refractivity contribution is 5.91. The van der Waals surface area contributed by atoms with Crippen LogP contribution in [0.3, 0.4) is 0 Å². The van der Waals surface area contributed by atoms with Crippen molar-refractivity contribution in [1.29, 1.82) is 0 Å². The van der Waals surface area contributed by atoms with Crippen LogP contribution in [0.5, 0.6) is 0 Å². The van der Waals surface area contributed by atoms with E-state index in [4.69, 9.17) is 14.0 Å². The van der Waals surface area contributed by atoms with Crippen molar-refractivity contribution in [3.05, 3.63) is 11.8 Å². The number of anilines is 1. The van der Waals surface area contributed by atoms with Crippen LogP contribution in [0.2, 0.25) is 0 Å². The minimum absolute atomic E-state index is 0.0225. The van der Waals surface area contributed by atoms with Crippen LogP contribution in [0.15, 0.2) is 10.6 Å². The standard InChI is InChI=1S/C16H23N3O5/c1-12-11-14(17-24-12)19(13(2)20)6-3-15(21)18-7-4-16(5-8-18)22-9-10-23-16/h11H,3-10H2,1-2H3. The number of ether oxygens (including phenoxy) is 2. The van der Waals surface area contributed by atoms with Gasteiger partial charge in [0.2, 0.25) is 11.8 Å². The van der Waals surface area contributed by atoms with Crippen LogP contribution in [0.25, 0.3) is 0 Å². The van der Waals surface area contributed by atoms with Crippen LogP contribution in [-0.2, 0) is 19.1 Å². The Labute approximate surface area is 140 Å². The maximum Gasteiger partial charge on any atom is 0.225 e. The molecule has 2 amide bonds. The third kappa shape index (κ3) is 3.59. The molecule has 0 saturated carbocycles. The smallest absolute Gasteiger partial charge is 0.225 e. The summed E-state index contributed by atoms with van der Waals surface area (Å²) in [6.07, 6.45) is 1.63. The quantitative estimate of drug-likeness (QED) is 0.818. The molecule has 8 heteroatoms. The summed E-state index contributed by atoms with van der Waals surface area (Å²) in [7, 11) is 0. The molecule has 0 aromatic carbocycles. The Hall–Kier alpha value is -1.93. The molecule has 1 spiro atoms. The van der Waals surface area contributed by atoms with Gasteiger partial charge in [0.25, 0.3) is 0 Å². The second kappa shape index (κ2) is 6.90. The normalized spacial score (nSPS) is 19.7. The average molecular weight is 337 g/mol. The van der Waals surface area contributed by atoms with Crippen molar-refractivity contribution in [1.82, 2.24) is 10.1 Å². The second-order valence-electron chi connectivity index (χ2n) is 6.20. The molecule has 0 bridgehead atoms. The molecule has 2 aliphatic heterocycles. The van der Waals surface area contributed by atoms with E-state index in [-0.39, 0.29) is 24.8 Å². The van der Waals surface area contributed by atoms with Crippen molar-refractivity contribution >= 4 is 17.6 Å². The van der Waals surface area contributed by atoms with Crippen LogP contribution in [0.1, 0.15) is 31.9 Å². The van der Waals surface area contributed by atoms with E-state index in [0.29, 0.717) is 50.7 Å². The SMILES string of the molecule is CC(=O)N(CCC(=O)N1CCC2(CC1)OCCO2)c1cc(C)on1. The van der Waals surface area contributed by atoms with E-state index in [2.05, 4.69) is 5.16 Å². The molecule has 0 radical (unpaired) electrons. The van der Waals surface area contributed by atoms with Gasteiger partial charge >= 0.3 is 0 Å².